The lowest BCUT2D eigenvalue weighted by atomic mass is 10.0. The molecule has 0 aliphatic carbocycles. The fourth-order valence-corrected chi connectivity index (χ4v) is 1.36. The first-order chi connectivity index (χ1) is 6.57. The third-order valence-electron chi connectivity index (χ3n) is 2.23. The standard InChI is InChI=1S/C11H14N2O/c1-7-9(8(2)13-3)5-4-6-10(7)11(12)14/h4-6,13H,2H2,1,3H3,(H2,12,14). The van der Waals surface area contributed by atoms with Gasteiger partial charge in [0.05, 0.1) is 0 Å². The highest BCUT2D eigenvalue weighted by atomic mass is 16.1. The molecule has 0 bridgehead atoms. The largest absolute Gasteiger partial charge is 0.388 e. The van der Waals surface area contributed by atoms with Crippen molar-refractivity contribution in [2.45, 2.75) is 6.92 Å². The zero-order valence-electron chi connectivity index (χ0n) is 8.42. The maximum atomic E-state index is 11.1. The SMILES string of the molecule is C=C(NC)c1cccc(C(N)=O)c1C. The number of hydrogen-bond donors (Lipinski definition) is 2. The minimum atomic E-state index is -0.409. The van der Waals surface area contributed by atoms with E-state index in [1.54, 1.807) is 19.2 Å². The van der Waals surface area contributed by atoms with Crippen LogP contribution < -0.4 is 11.1 Å². The summed E-state index contributed by atoms with van der Waals surface area (Å²) in [6.45, 7) is 5.70. The molecule has 3 nitrogen and oxygen atoms in total. The average Bonchev–Trinajstić information content (AvgIpc) is 2.16. The molecule has 14 heavy (non-hydrogen) atoms. The van der Waals surface area contributed by atoms with Crippen molar-refractivity contribution in [3.63, 3.8) is 0 Å². The summed E-state index contributed by atoms with van der Waals surface area (Å²) in [6.07, 6.45) is 0. The highest BCUT2D eigenvalue weighted by Gasteiger charge is 2.09. The molecule has 0 radical (unpaired) electrons. The number of carbonyl (C=O) groups excluding carboxylic acids is 1. The highest BCUT2D eigenvalue weighted by Crippen LogP contribution is 2.18. The number of nitrogens with two attached hydrogens (primary N) is 1. The van der Waals surface area contributed by atoms with Gasteiger partial charge in [-0.05, 0) is 18.6 Å². The lowest BCUT2D eigenvalue weighted by Gasteiger charge is -2.10. The van der Waals surface area contributed by atoms with Crippen molar-refractivity contribution in [2.75, 3.05) is 7.05 Å². The molecule has 3 heteroatoms. The molecule has 0 aliphatic heterocycles. The Balaban J connectivity index is 3.27. The van der Waals surface area contributed by atoms with Crippen LogP contribution in [0.15, 0.2) is 24.8 Å². The first-order valence-corrected chi connectivity index (χ1v) is 4.34. The predicted octanol–water partition coefficient (Wildman–Crippen LogP) is 1.28. The van der Waals surface area contributed by atoms with Crippen LogP contribution in [0.5, 0.6) is 0 Å². The summed E-state index contributed by atoms with van der Waals surface area (Å²) in [7, 11) is 1.79. The van der Waals surface area contributed by atoms with Crippen LogP contribution in [0.25, 0.3) is 5.70 Å². The van der Waals surface area contributed by atoms with Gasteiger partial charge in [0.15, 0.2) is 0 Å². The van der Waals surface area contributed by atoms with E-state index in [2.05, 4.69) is 11.9 Å². The highest BCUT2D eigenvalue weighted by molar-refractivity contribution is 5.95. The van der Waals surface area contributed by atoms with Gasteiger partial charge in [0.2, 0.25) is 5.91 Å². The summed E-state index contributed by atoms with van der Waals surface area (Å²) in [5, 5.41) is 2.94. The molecule has 1 amide bonds. The molecule has 1 aromatic rings. The molecule has 0 spiro atoms. The van der Waals surface area contributed by atoms with Crippen LogP contribution in [0, 0.1) is 6.92 Å². The quantitative estimate of drug-likeness (QED) is 0.754. The fourth-order valence-electron chi connectivity index (χ4n) is 1.36. The van der Waals surface area contributed by atoms with Gasteiger partial charge in [-0.1, -0.05) is 18.7 Å². The summed E-state index contributed by atoms with van der Waals surface area (Å²) >= 11 is 0. The van der Waals surface area contributed by atoms with E-state index in [9.17, 15) is 4.79 Å². The number of benzene rings is 1. The Morgan fingerprint density at radius 3 is 2.50 bits per heavy atom. The summed E-state index contributed by atoms with van der Waals surface area (Å²) in [6, 6.07) is 5.41. The van der Waals surface area contributed by atoms with E-state index in [0.717, 1.165) is 16.8 Å². The summed E-state index contributed by atoms with van der Waals surface area (Å²) in [4.78, 5) is 11.1. The van der Waals surface area contributed by atoms with Gasteiger partial charge in [-0.15, -0.1) is 0 Å². The van der Waals surface area contributed by atoms with Crippen LogP contribution in [0.3, 0.4) is 0 Å². The zero-order chi connectivity index (χ0) is 10.7. The van der Waals surface area contributed by atoms with Gasteiger partial charge in [-0.2, -0.15) is 0 Å². The van der Waals surface area contributed by atoms with Crippen LogP contribution in [-0.4, -0.2) is 13.0 Å². The lowest BCUT2D eigenvalue weighted by molar-refractivity contribution is 0.0999. The van der Waals surface area contributed by atoms with E-state index < -0.39 is 5.91 Å². The van der Waals surface area contributed by atoms with Gasteiger partial charge in [-0.25, -0.2) is 0 Å². The predicted molar refractivity (Wildman–Crippen MR) is 57.8 cm³/mol. The van der Waals surface area contributed by atoms with Crippen LogP contribution in [0.4, 0.5) is 0 Å². The summed E-state index contributed by atoms with van der Waals surface area (Å²) in [5.41, 5.74) is 8.34. The minimum Gasteiger partial charge on any atom is -0.388 e. The van der Waals surface area contributed by atoms with Gasteiger partial charge >= 0.3 is 0 Å². The summed E-state index contributed by atoms with van der Waals surface area (Å²) in [5.74, 6) is -0.409. The number of nitrogens with one attached hydrogen (secondary N) is 1. The molecule has 0 atom stereocenters. The van der Waals surface area contributed by atoms with E-state index in [1.165, 1.54) is 0 Å². The smallest absolute Gasteiger partial charge is 0.248 e. The third-order valence-corrected chi connectivity index (χ3v) is 2.23. The molecular formula is C11H14N2O. The second kappa shape index (κ2) is 3.96. The Labute approximate surface area is 83.6 Å². The van der Waals surface area contributed by atoms with Crippen LogP contribution in [0.1, 0.15) is 21.5 Å². The molecule has 3 N–H and O–H groups in total. The van der Waals surface area contributed by atoms with Crippen molar-refractivity contribution in [1.29, 1.82) is 0 Å². The maximum absolute atomic E-state index is 11.1. The van der Waals surface area contributed by atoms with Gasteiger partial charge in [0, 0.05) is 23.9 Å². The van der Waals surface area contributed by atoms with Crippen molar-refractivity contribution in [2.24, 2.45) is 5.73 Å². The van der Waals surface area contributed by atoms with Gasteiger partial charge in [-0.3, -0.25) is 4.79 Å². The molecule has 1 aromatic carbocycles. The number of rotatable bonds is 3. The first kappa shape index (κ1) is 10.3. The molecule has 74 valence electrons. The normalized spacial score (nSPS) is 9.57. The van der Waals surface area contributed by atoms with E-state index in [0.29, 0.717) is 5.56 Å². The molecule has 0 aliphatic rings. The second-order valence-electron chi connectivity index (χ2n) is 3.07. The molecule has 0 fully saturated rings. The van der Waals surface area contributed by atoms with Gasteiger partial charge in [0.25, 0.3) is 0 Å². The first-order valence-electron chi connectivity index (χ1n) is 4.34. The number of carbonyl (C=O) groups is 1. The van der Waals surface area contributed by atoms with E-state index in [-0.39, 0.29) is 0 Å². The Morgan fingerprint density at radius 1 is 1.43 bits per heavy atom. The zero-order valence-corrected chi connectivity index (χ0v) is 8.42. The van der Waals surface area contributed by atoms with Crippen LogP contribution >= 0.6 is 0 Å². The van der Waals surface area contributed by atoms with E-state index >= 15 is 0 Å². The van der Waals surface area contributed by atoms with Crippen molar-refractivity contribution >= 4 is 11.6 Å². The van der Waals surface area contributed by atoms with Crippen LogP contribution in [-0.2, 0) is 0 Å². The number of amides is 1. The summed E-state index contributed by atoms with van der Waals surface area (Å²) < 4.78 is 0. The Morgan fingerprint density at radius 2 is 2.00 bits per heavy atom. The molecule has 0 aromatic heterocycles. The Bertz CT molecular complexity index is 383. The molecule has 0 heterocycles. The van der Waals surface area contributed by atoms with Gasteiger partial charge < -0.3 is 11.1 Å². The number of primary amides is 1. The lowest BCUT2D eigenvalue weighted by Crippen LogP contribution is -2.14. The monoisotopic (exact) mass is 190 g/mol. The van der Waals surface area contributed by atoms with E-state index in [1.807, 2.05) is 13.0 Å². The molecule has 0 saturated heterocycles. The van der Waals surface area contributed by atoms with E-state index in [4.69, 9.17) is 5.73 Å². The topological polar surface area (TPSA) is 55.1 Å². The molecular weight excluding hydrogens is 176 g/mol. The van der Waals surface area contributed by atoms with Crippen molar-refractivity contribution < 1.29 is 4.79 Å². The average molecular weight is 190 g/mol. The molecule has 1 rings (SSSR count). The van der Waals surface area contributed by atoms with Crippen molar-refractivity contribution in [1.82, 2.24) is 5.32 Å². The second-order valence-corrected chi connectivity index (χ2v) is 3.07. The number of hydrogen-bond acceptors (Lipinski definition) is 2. The molecule has 0 unspecified atom stereocenters. The van der Waals surface area contributed by atoms with Gasteiger partial charge in [0.1, 0.15) is 0 Å². The Kier molecular flexibility index (Phi) is 2.92. The maximum Gasteiger partial charge on any atom is 0.248 e. The fraction of sp³-hybridized carbons (Fsp3) is 0.182. The Hall–Kier alpha value is -1.77. The molecule has 0 saturated carbocycles. The van der Waals surface area contributed by atoms with Crippen LogP contribution in [0.2, 0.25) is 0 Å². The van der Waals surface area contributed by atoms with Crippen molar-refractivity contribution in [3.8, 4) is 0 Å². The van der Waals surface area contributed by atoms with Crippen molar-refractivity contribution in [3.05, 3.63) is 41.5 Å². The third kappa shape index (κ3) is 1.76. The minimum absolute atomic E-state index is 0.409.